The molecular weight excluding hydrogens is 313 g/mol. The van der Waals surface area contributed by atoms with Crippen LogP contribution in [-0.4, -0.2) is 46.4 Å². The largest absolute Gasteiger partial charge is 0.378 e. The third-order valence-electron chi connectivity index (χ3n) is 3.89. The summed E-state index contributed by atoms with van der Waals surface area (Å²) in [5, 5.41) is 3.89. The number of anilines is 1. The summed E-state index contributed by atoms with van der Waals surface area (Å²) in [6.45, 7) is 4.46. The van der Waals surface area contributed by atoms with Crippen LogP contribution in [0.1, 0.15) is 5.69 Å². The molecule has 2 aromatic heterocycles. The van der Waals surface area contributed by atoms with Crippen molar-refractivity contribution in [2.75, 3.05) is 31.2 Å². The molecule has 3 aromatic rings. The minimum atomic E-state index is -0.317. The molecule has 3 heterocycles. The number of hydrogen-bond acceptors (Lipinski definition) is 6. The van der Waals surface area contributed by atoms with E-state index in [4.69, 9.17) is 9.26 Å². The van der Waals surface area contributed by atoms with Gasteiger partial charge in [-0.05, 0) is 25.1 Å². The summed E-state index contributed by atoms with van der Waals surface area (Å²) in [7, 11) is 0. The predicted octanol–water partition coefficient (Wildman–Crippen LogP) is 2.41. The fourth-order valence-corrected chi connectivity index (χ4v) is 2.66. The molecule has 0 amide bonds. The monoisotopic (exact) mass is 329 g/mol. The lowest BCUT2D eigenvalue weighted by Gasteiger charge is -2.29. The Bertz CT molecular complexity index is 854. The third-order valence-corrected chi connectivity index (χ3v) is 3.89. The van der Waals surface area contributed by atoms with Crippen molar-refractivity contribution in [3.05, 3.63) is 35.9 Å². The van der Waals surface area contributed by atoms with Crippen molar-refractivity contribution in [1.82, 2.24) is 20.1 Å². The third kappa shape index (κ3) is 2.76. The lowest BCUT2D eigenvalue weighted by atomic mass is 10.1. The van der Waals surface area contributed by atoms with Crippen LogP contribution in [0.2, 0.25) is 0 Å². The minimum Gasteiger partial charge on any atom is -0.378 e. The van der Waals surface area contributed by atoms with E-state index in [0.717, 1.165) is 5.69 Å². The average Bonchev–Trinajstić information content (AvgIpc) is 3.24. The second-order valence-electron chi connectivity index (χ2n) is 5.60. The molecule has 0 bridgehead atoms. The van der Waals surface area contributed by atoms with E-state index < -0.39 is 0 Å². The summed E-state index contributed by atoms with van der Waals surface area (Å²) >= 11 is 0. The van der Waals surface area contributed by atoms with Gasteiger partial charge >= 0.3 is 0 Å². The number of ether oxygens (including phenoxy) is 1. The second kappa shape index (κ2) is 6.04. The highest BCUT2D eigenvalue weighted by Crippen LogP contribution is 2.27. The molecule has 1 aliphatic heterocycles. The SMILES string of the molecule is Cc1cnc(-c2noc(-c3ccc(N4CCOCC4)c(F)c3)n2)[nH]1. The van der Waals surface area contributed by atoms with E-state index in [0.29, 0.717) is 49.2 Å². The van der Waals surface area contributed by atoms with Crippen LogP contribution in [0.5, 0.6) is 0 Å². The van der Waals surface area contributed by atoms with Crippen LogP contribution in [0.3, 0.4) is 0 Å². The first-order valence-electron chi connectivity index (χ1n) is 7.69. The number of benzene rings is 1. The quantitative estimate of drug-likeness (QED) is 0.795. The van der Waals surface area contributed by atoms with Gasteiger partial charge in [0.2, 0.25) is 5.82 Å². The highest BCUT2D eigenvalue weighted by atomic mass is 19.1. The first-order chi connectivity index (χ1) is 11.7. The fourth-order valence-electron chi connectivity index (χ4n) is 2.66. The van der Waals surface area contributed by atoms with Gasteiger partial charge in [-0.15, -0.1) is 0 Å². The lowest BCUT2D eigenvalue weighted by molar-refractivity contribution is 0.122. The first-order valence-corrected chi connectivity index (χ1v) is 7.69. The van der Waals surface area contributed by atoms with Gasteiger partial charge in [-0.2, -0.15) is 4.98 Å². The topological polar surface area (TPSA) is 80.1 Å². The van der Waals surface area contributed by atoms with Gasteiger partial charge in [-0.1, -0.05) is 5.16 Å². The van der Waals surface area contributed by atoms with E-state index in [9.17, 15) is 4.39 Å². The van der Waals surface area contributed by atoms with Gasteiger partial charge in [0.1, 0.15) is 5.82 Å². The Morgan fingerprint density at radius 3 is 2.79 bits per heavy atom. The number of imidazole rings is 1. The molecule has 0 unspecified atom stereocenters. The van der Waals surface area contributed by atoms with Crippen molar-refractivity contribution >= 4 is 5.69 Å². The molecule has 0 atom stereocenters. The molecule has 0 radical (unpaired) electrons. The van der Waals surface area contributed by atoms with Gasteiger partial charge in [0.05, 0.1) is 18.9 Å². The van der Waals surface area contributed by atoms with Gasteiger partial charge in [-0.3, -0.25) is 0 Å². The van der Waals surface area contributed by atoms with Crippen molar-refractivity contribution in [2.24, 2.45) is 0 Å². The lowest BCUT2D eigenvalue weighted by Crippen LogP contribution is -2.36. The minimum absolute atomic E-state index is 0.256. The molecule has 0 spiro atoms. The van der Waals surface area contributed by atoms with E-state index in [2.05, 4.69) is 20.1 Å². The molecule has 124 valence electrons. The summed E-state index contributed by atoms with van der Waals surface area (Å²) < 4.78 is 25.0. The van der Waals surface area contributed by atoms with Crippen molar-refractivity contribution in [3.8, 4) is 23.1 Å². The number of rotatable bonds is 3. The Balaban J connectivity index is 1.60. The molecule has 1 saturated heterocycles. The van der Waals surface area contributed by atoms with Crippen LogP contribution in [-0.2, 0) is 4.74 Å². The van der Waals surface area contributed by atoms with Gasteiger partial charge in [0, 0.05) is 30.5 Å². The van der Waals surface area contributed by atoms with E-state index in [1.807, 2.05) is 11.8 Å². The van der Waals surface area contributed by atoms with Crippen LogP contribution >= 0.6 is 0 Å². The standard InChI is InChI=1S/C16H16FN5O2/c1-10-9-18-14(19-10)15-20-16(24-21-15)11-2-3-13(12(17)8-11)22-4-6-23-7-5-22/h2-3,8-9H,4-7H2,1H3,(H,18,19). The van der Waals surface area contributed by atoms with Gasteiger partial charge in [0.15, 0.2) is 5.82 Å². The number of nitrogens with one attached hydrogen (secondary N) is 1. The normalized spacial score (nSPS) is 15.0. The summed E-state index contributed by atoms with van der Waals surface area (Å²) in [6, 6.07) is 4.92. The molecule has 0 saturated carbocycles. The molecule has 8 heteroatoms. The van der Waals surface area contributed by atoms with Crippen LogP contribution in [0.4, 0.5) is 10.1 Å². The smallest absolute Gasteiger partial charge is 0.258 e. The first kappa shape index (κ1) is 14.8. The summed E-state index contributed by atoms with van der Waals surface area (Å²) in [6.07, 6.45) is 1.68. The second-order valence-corrected chi connectivity index (χ2v) is 5.60. The van der Waals surface area contributed by atoms with Crippen LogP contribution in [0, 0.1) is 12.7 Å². The number of morpholine rings is 1. The summed E-state index contributed by atoms with van der Waals surface area (Å²) in [5.74, 6) is 0.804. The number of aryl methyl sites for hydroxylation is 1. The molecule has 7 nitrogen and oxygen atoms in total. The summed E-state index contributed by atoms with van der Waals surface area (Å²) in [5.41, 5.74) is 1.99. The highest BCUT2D eigenvalue weighted by molar-refractivity contribution is 5.61. The van der Waals surface area contributed by atoms with Crippen molar-refractivity contribution in [2.45, 2.75) is 6.92 Å². The Kier molecular flexibility index (Phi) is 3.73. The zero-order chi connectivity index (χ0) is 16.5. The van der Waals surface area contributed by atoms with Crippen LogP contribution in [0.15, 0.2) is 28.9 Å². The Morgan fingerprint density at radius 2 is 2.08 bits per heavy atom. The molecule has 4 rings (SSSR count). The Hall–Kier alpha value is -2.74. The maximum absolute atomic E-state index is 14.5. The number of hydrogen-bond donors (Lipinski definition) is 1. The van der Waals surface area contributed by atoms with E-state index in [-0.39, 0.29) is 11.7 Å². The molecule has 1 aliphatic rings. The average molecular weight is 329 g/mol. The van der Waals surface area contributed by atoms with E-state index >= 15 is 0 Å². The summed E-state index contributed by atoms with van der Waals surface area (Å²) in [4.78, 5) is 13.4. The zero-order valence-corrected chi connectivity index (χ0v) is 13.1. The van der Waals surface area contributed by atoms with Crippen molar-refractivity contribution < 1.29 is 13.7 Å². The van der Waals surface area contributed by atoms with Crippen molar-refractivity contribution in [1.29, 1.82) is 0 Å². The molecule has 1 fully saturated rings. The van der Waals surface area contributed by atoms with Crippen LogP contribution < -0.4 is 4.90 Å². The number of nitrogens with zero attached hydrogens (tertiary/aromatic N) is 4. The van der Waals surface area contributed by atoms with Gasteiger partial charge < -0.3 is 19.1 Å². The number of aromatic nitrogens is 4. The van der Waals surface area contributed by atoms with E-state index in [1.165, 1.54) is 6.07 Å². The number of aromatic amines is 1. The molecule has 24 heavy (non-hydrogen) atoms. The number of halogens is 1. The van der Waals surface area contributed by atoms with Crippen LogP contribution in [0.25, 0.3) is 23.1 Å². The fraction of sp³-hybridized carbons (Fsp3) is 0.312. The Labute approximate surface area is 137 Å². The maximum atomic E-state index is 14.5. The van der Waals surface area contributed by atoms with E-state index in [1.54, 1.807) is 18.3 Å². The van der Waals surface area contributed by atoms with Gasteiger partial charge in [-0.25, -0.2) is 9.37 Å². The number of H-pyrrole nitrogens is 1. The maximum Gasteiger partial charge on any atom is 0.258 e. The van der Waals surface area contributed by atoms with Gasteiger partial charge in [0.25, 0.3) is 5.89 Å². The molecule has 1 aromatic carbocycles. The predicted molar refractivity (Wildman–Crippen MR) is 85.0 cm³/mol. The highest BCUT2D eigenvalue weighted by Gasteiger charge is 2.18. The van der Waals surface area contributed by atoms with Crippen molar-refractivity contribution in [3.63, 3.8) is 0 Å². The zero-order valence-electron chi connectivity index (χ0n) is 13.1. The molecule has 0 aliphatic carbocycles. The Morgan fingerprint density at radius 1 is 1.25 bits per heavy atom. The molecule has 1 N–H and O–H groups in total. The molecular formula is C16H16FN5O2.